The minimum absolute atomic E-state index is 0.0977. The van der Waals surface area contributed by atoms with Crippen molar-refractivity contribution in [3.63, 3.8) is 0 Å². The number of carbonyl (C=O) groups excluding carboxylic acids is 3. The lowest BCUT2D eigenvalue weighted by atomic mass is 10.0. The van der Waals surface area contributed by atoms with E-state index in [1.54, 1.807) is 0 Å². The molecule has 5 N–H and O–H groups in total. The number of primary amides is 1. The normalized spacial score (nSPS) is 12.1. The first-order chi connectivity index (χ1) is 12.1. The Morgan fingerprint density at radius 1 is 0.962 bits per heavy atom. The van der Waals surface area contributed by atoms with Gasteiger partial charge in [-0.05, 0) is 25.7 Å². The van der Waals surface area contributed by atoms with Gasteiger partial charge in [0.15, 0.2) is 5.78 Å². The molecule has 2 atom stereocenters. The van der Waals surface area contributed by atoms with Gasteiger partial charge in [0.1, 0.15) is 0 Å². The molecule has 0 aromatic carbocycles. The first-order valence-corrected chi connectivity index (χ1v) is 9.75. The summed E-state index contributed by atoms with van der Waals surface area (Å²) >= 11 is 0. The van der Waals surface area contributed by atoms with E-state index in [9.17, 15) is 14.4 Å². The Balaban J connectivity index is -0.00000123. The zero-order valence-electron chi connectivity index (χ0n) is 18.2. The summed E-state index contributed by atoms with van der Waals surface area (Å²) in [5.74, 6) is -0.155. The molecule has 0 rings (SSSR count). The van der Waals surface area contributed by atoms with Gasteiger partial charge >= 0.3 is 6.03 Å². The van der Waals surface area contributed by atoms with Crippen molar-refractivity contribution in [1.29, 1.82) is 0 Å². The van der Waals surface area contributed by atoms with Crippen molar-refractivity contribution in [3.8, 4) is 0 Å². The molecular weight excluding hydrogens is 332 g/mol. The Labute approximate surface area is 160 Å². The van der Waals surface area contributed by atoms with Crippen LogP contribution in [0, 0.1) is 5.92 Å². The predicted molar refractivity (Wildman–Crippen MR) is 109 cm³/mol. The van der Waals surface area contributed by atoms with Crippen LogP contribution in [0.2, 0.25) is 0 Å². The summed E-state index contributed by atoms with van der Waals surface area (Å²) in [6.07, 6.45) is 1.03. The topological polar surface area (TPSA) is 113 Å². The number of urea groups is 1. The Morgan fingerprint density at radius 2 is 1.46 bits per heavy atom. The molecule has 2 unspecified atom stereocenters. The fraction of sp³-hybridized carbons (Fsp3) is 0.842. The number of nitrogens with one attached hydrogen (secondary N) is 3. The first-order valence-electron chi connectivity index (χ1n) is 9.75. The molecule has 0 aromatic rings. The maximum atomic E-state index is 12.4. The van der Waals surface area contributed by atoms with Crippen LogP contribution in [0.4, 0.5) is 4.79 Å². The molecule has 0 saturated carbocycles. The standard InChI is InChI=1S/C15H30N4O3.2C2H6/c1-9(2)13(18-10(3)4)14(21)19-12(11(5)20)7-6-8-17-15(16)22;2*1-2/h9-10,12-13,18H,6-8H2,1-5H3,(H,19,21)(H3,16,17,22);2*1-2H3. The first kappa shape index (κ1) is 29.1. The highest BCUT2D eigenvalue weighted by molar-refractivity contribution is 5.89. The van der Waals surface area contributed by atoms with Gasteiger partial charge in [-0.25, -0.2) is 4.79 Å². The molecule has 156 valence electrons. The van der Waals surface area contributed by atoms with E-state index in [2.05, 4.69) is 16.0 Å². The molecule has 0 fully saturated rings. The second kappa shape index (κ2) is 18.2. The second-order valence-corrected chi connectivity index (χ2v) is 6.15. The van der Waals surface area contributed by atoms with Crippen molar-refractivity contribution in [2.24, 2.45) is 11.7 Å². The van der Waals surface area contributed by atoms with Crippen molar-refractivity contribution < 1.29 is 14.4 Å². The molecular formula is C19H42N4O3. The summed E-state index contributed by atoms with van der Waals surface area (Å²) in [6, 6.07) is -1.30. The van der Waals surface area contributed by atoms with Gasteiger partial charge in [0.25, 0.3) is 0 Å². The van der Waals surface area contributed by atoms with Crippen LogP contribution in [0.15, 0.2) is 0 Å². The lowest BCUT2D eigenvalue weighted by Crippen LogP contribution is -2.53. The van der Waals surface area contributed by atoms with Crippen molar-refractivity contribution >= 4 is 17.7 Å². The minimum Gasteiger partial charge on any atom is -0.352 e. The molecule has 0 aliphatic heterocycles. The largest absolute Gasteiger partial charge is 0.352 e. The van der Waals surface area contributed by atoms with Crippen LogP contribution >= 0.6 is 0 Å². The van der Waals surface area contributed by atoms with Gasteiger partial charge < -0.3 is 21.7 Å². The summed E-state index contributed by atoms with van der Waals surface area (Å²) in [7, 11) is 0. The number of carbonyl (C=O) groups is 3. The third-order valence-electron chi connectivity index (χ3n) is 3.24. The maximum Gasteiger partial charge on any atom is 0.312 e. The highest BCUT2D eigenvalue weighted by Gasteiger charge is 2.26. The summed E-state index contributed by atoms with van der Waals surface area (Å²) < 4.78 is 0. The Kier molecular flexibility index (Phi) is 20.4. The van der Waals surface area contributed by atoms with Crippen LogP contribution in [0.25, 0.3) is 0 Å². The molecule has 3 amide bonds. The lowest BCUT2D eigenvalue weighted by Gasteiger charge is -2.26. The van der Waals surface area contributed by atoms with E-state index < -0.39 is 12.1 Å². The van der Waals surface area contributed by atoms with E-state index in [4.69, 9.17) is 5.73 Å². The van der Waals surface area contributed by atoms with Crippen LogP contribution < -0.4 is 21.7 Å². The number of rotatable bonds is 10. The molecule has 0 bridgehead atoms. The van der Waals surface area contributed by atoms with Crippen LogP contribution in [-0.2, 0) is 9.59 Å². The van der Waals surface area contributed by atoms with Crippen molar-refractivity contribution in [2.75, 3.05) is 6.54 Å². The summed E-state index contributed by atoms with van der Waals surface area (Å²) in [4.78, 5) is 34.6. The average molecular weight is 375 g/mol. The van der Waals surface area contributed by atoms with Gasteiger partial charge in [0.2, 0.25) is 5.91 Å². The molecule has 0 aliphatic rings. The third kappa shape index (κ3) is 15.9. The van der Waals surface area contributed by atoms with Gasteiger partial charge in [-0.15, -0.1) is 0 Å². The van der Waals surface area contributed by atoms with Crippen LogP contribution in [-0.4, -0.2) is 42.4 Å². The van der Waals surface area contributed by atoms with Gasteiger partial charge in [-0.2, -0.15) is 0 Å². The van der Waals surface area contributed by atoms with Crippen molar-refractivity contribution in [1.82, 2.24) is 16.0 Å². The summed E-state index contributed by atoms with van der Waals surface area (Å²) in [5, 5.41) is 8.47. The maximum absolute atomic E-state index is 12.4. The SMILES string of the molecule is CC.CC.CC(=O)C(CCCNC(N)=O)NC(=O)C(NC(C)C)C(C)C. The second-order valence-electron chi connectivity index (χ2n) is 6.15. The molecule has 0 aromatic heterocycles. The summed E-state index contributed by atoms with van der Waals surface area (Å²) in [6.45, 7) is 17.7. The number of ketones is 1. The van der Waals surface area contributed by atoms with E-state index in [-0.39, 0.29) is 29.7 Å². The van der Waals surface area contributed by atoms with Gasteiger partial charge in [-0.1, -0.05) is 55.4 Å². The quantitative estimate of drug-likeness (QED) is 0.440. The molecule has 0 spiro atoms. The monoisotopic (exact) mass is 374 g/mol. The lowest BCUT2D eigenvalue weighted by molar-refractivity contribution is -0.129. The number of hydrogen-bond acceptors (Lipinski definition) is 4. The molecule has 0 heterocycles. The molecule has 26 heavy (non-hydrogen) atoms. The van der Waals surface area contributed by atoms with Crippen molar-refractivity contribution in [3.05, 3.63) is 0 Å². The van der Waals surface area contributed by atoms with E-state index in [1.807, 2.05) is 55.4 Å². The van der Waals surface area contributed by atoms with E-state index in [0.29, 0.717) is 19.4 Å². The van der Waals surface area contributed by atoms with E-state index in [0.717, 1.165) is 0 Å². The highest BCUT2D eigenvalue weighted by Crippen LogP contribution is 2.06. The fourth-order valence-electron chi connectivity index (χ4n) is 2.09. The van der Waals surface area contributed by atoms with E-state index >= 15 is 0 Å². The number of hydrogen-bond donors (Lipinski definition) is 4. The smallest absolute Gasteiger partial charge is 0.312 e. The minimum atomic E-state index is -0.593. The van der Waals surface area contributed by atoms with Gasteiger partial charge in [0, 0.05) is 12.6 Å². The number of amides is 3. The molecule has 0 aliphatic carbocycles. The fourth-order valence-corrected chi connectivity index (χ4v) is 2.09. The average Bonchev–Trinajstić information content (AvgIpc) is 2.58. The number of Topliss-reactive ketones (excluding diaryl/α,β-unsaturated/α-hetero) is 1. The number of nitrogens with two attached hydrogens (primary N) is 1. The Bertz CT molecular complexity index is 385. The predicted octanol–water partition coefficient (Wildman–Crippen LogP) is 2.58. The highest BCUT2D eigenvalue weighted by atomic mass is 16.2. The van der Waals surface area contributed by atoms with Gasteiger partial charge in [-0.3, -0.25) is 9.59 Å². The Hall–Kier alpha value is -1.63. The Morgan fingerprint density at radius 3 is 1.81 bits per heavy atom. The molecule has 7 nitrogen and oxygen atoms in total. The zero-order valence-corrected chi connectivity index (χ0v) is 18.2. The van der Waals surface area contributed by atoms with Gasteiger partial charge in [0.05, 0.1) is 12.1 Å². The molecule has 0 radical (unpaired) electrons. The summed E-state index contributed by atoms with van der Waals surface area (Å²) in [5.41, 5.74) is 4.97. The van der Waals surface area contributed by atoms with Crippen LogP contribution in [0.1, 0.15) is 75.2 Å². The third-order valence-corrected chi connectivity index (χ3v) is 3.24. The molecule has 0 saturated heterocycles. The zero-order chi connectivity index (χ0) is 21.3. The van der Waals surface area contributed by atoms with Crippen LogP contribution in [0.5, 0.6) is 0 Å². The van der Waals surface area contributed by atoms with E-state index in [1.165, 1.54) is 6.92 Å². The molecule has 7 heteroatoms. The van der Waals surface area contributed by atoms with Crippen molar-refractivity contribution in [2.45, 2.75) is 93.3 Å². The van der Waals surface area contributed by atoms with Crippen LogP contribution in [0.3, 0.4) is 0 Å².